The molecule has 0 N–H and O–H groups in total. The van der Waals surface area contributed by atoms with Gasteiger partial charge in [0.1, 0.15) is 5.82 Å². The van der Waals surface area contributed by atoms with Crippen molar-refractivity contribution >= 4 is 21.8 Å². The minimum Gasteiger partial charge on any atom is -0.509 e. The normalized spacial score (nSPS) is 11.4. The van der Waals surface area contributed by atoms with E-state index in [9.17, 15) is 0 Å². The van der Waals surface area contributed by atoms with Gasteiger partial charge < -0.3 is 9.30 Å². The van der Waals surface area contributed by atoms with Gasteiger partial charge in [-0.15, -0.1) is 35.7 Å². The van der Waals surface area contributed by atoms with Gasteiger partial charge >= 0.3 is 21.1 Å². The molecule has 3 aromatic heterocycles. The number of unbranched alkanes of at least 4 members (excludes halogenated alkanes) is 1. The van der Waals surface area contributed by atoms with E-state index in [0.717, 1.165) is 68.8 Å². The van der Waals surface area contributed by atoms with Crippen LogP contribution in [-0.4, -0.2) is 19.3 Å². The number of rotatable bonds is 10. The third-order valence-corrected chi connectivity index (χ3v) is 9.00. The summed E-state index contributed by atoms with van der Waals surface area (Å²) in [4.78, 5) is 4.78. The van der Waals surface area contributed by atoms with Crippen LogP contribution in [-0.2, 0) is 33.9 Å². The Bertz CT molecular complexity index is 2250. The van der Waals surface area contributed by atoms with E-state index in [4.69, 9.17) is 14.8 Å². The third-order valence-electron chi connectivity index (χ3n) is 9.00. The van der Waals surface area contributed by atoms with E-state index < -0.39 is 0 Å². The molecule has 0 aliphatic carbocycles. The van der Waals surface area contributed by atoms with Crippen molar-refractivity contribution in [3.63, 3.8) is 0 Å². The second-order valence-corrected chi connectivity index (χ2v) is 13.3. The van der Waals surface area contributed by atoms with Gasteiger partial charge in [-0.1, -0.05) is 75.2 Å². The first-order chi connectivity index (χ1) is 23.3. The van der Waals surface area contributed by atoms with Crippen molar-refractivity contribution in [3.05, 3.63) is 131 Å². The molecule has 0 bridgehead atoms. The van der Waals surface area contributed by atoms with Crippen molar-refractivity contribution in [1.82, 2.24) is 19.3 Å². The minimum atomic E-state index is 0. The molecular formula is C43H42N4OPt. The van der Waals surface area contributed by atoms with Crippen LogP contribution in [0.1, 0.15) is 61.7 Å². The Morgan fingerprint density at radius 3 is 2.39 bits per heavy atom. The number of fused-ring (bicyclic) bond motifs is 3. The molecule has 0 amide bonds. The summed E-state index contributed by atoms with van der Waals surface area (Å²) >= 11 is 0. The van der Waals surface area contributed by atoms with E-state index in [2.05, 4.69) is 125 Å². The summed E-state index contributed by atoms with van der Waals surface area (Å²) in [5, 5.41) is 7.32. The standard InChI is InChI=1S/C43H42N4O.Pt/c1-7-8-12-32-15-18-40-39(25-32)38-17-16-36(27-41(38)46(40)42-22-29(4)19-20-44-42)48-37-24-33(21-28(2)3)23-35(26-37)47-31(6)43(30(5)45-47)34-13-10-9-11-14-34;/h9-11,13-20,22-25,28H,7-8,12,21H2,1-6H3;/q-2;+2. The molecule has 0 spiro atoms. The zero-order valence-corrected chi connectivity index (χ0v) is 31.4. The summed E-state index contributed by atoms with van der Waals surface area (Å²) in [6.07, 6.45) is 6.20. The van der Waals surface area contributed by atoms with E-state index in [1.54, 1.807) is 0 Å². The zero-order valence-electron chi connectivity index (χ0n) is 29.1. The topological polar surface area (TPSA) is 44.9 Å². The van der Waals surface area contributed by atoms with Crippen LogP contribution in [0.25, 0.3) is 44.4 Å². The van der Waals surface area contributed by atoms with Crippen molar-refractivity contribution in [2.75, 3.05) is 0 Å². The molecule has 0 saturated carbocycles. The number of nitrogens with zero attached hydrogens (tertiary/aromatic N) is 4. The maximum atomic E-state index is 6.63. The summed E-state index contributed by atoms with van der Waals surface area (Å²) in [6.45, 7) is 13.0. The van der Waals surface area contributed by atoms with E-state index in [-0.39, 0.29) is 21.1 Å². The SMILES string of the molecule is CCCCc1ccc2c(c1)c1ccc(Oc3[c-]c(-n4nc(C)c(-c5ccccc5)c4C)cc(CC(C)C)c3)[c-]c1n2-c1cc(C)ccn1.[Pt+2]. The molecule has 6 heteroatoms. The summed E-state index contributed by atoms with van der Waals surface area (Å²) in [5.74, 6) is 2.63. The summed E-state index contributed by atoms with van der Waals surface area (Å²) < 4.78 is 10.8. The van der Waals surface area contributed by atoms with Gasteiger partial charge in [0.05, 0.1) is 5.69 Å². The molecule has 0 aliphatic heterocycles. The largest absolute Gasteiger partial charge is 2.00 e. The van der Waals surface area contributed by atoms with Crippen LogP contribution in [0.2, 0.25) is 0 Å². The number of aromatic nitrogens is 4. The summed E-state index contributed by atoms with van der Waals surface area (Å²) in [7, 11) is 0. The molecule has 0 saturated heterocycles. The Balaban J connectivity index is 0.00000417. The minimum absolute atomic E-state index is 0. The maximum absolute atomic E-state index is 6.63. The monoisotopic (exact) mass is 825 g/mol. The van der Waals surface area contributed by atoms with Crippen LogP contribution in [0.5, 0.6) is 11.5 Å². The maximum Gasteiger partial charge on any atom is 2.00 e. The van der Waals surface area contributed by atoms with Crippen molar-refractivity contribution in [3.8, 4) is 34.1 Å². The van der Waals surface area contributed by atoms with Gasteiger partial charge in [-0.2, -0.15) is 16.7 Å². The van der Waals surface area contributed by atoms with Crippen LogP contribution in [0.4, 0.5) is 0 Å². The molecule has 4 aromatic carbocycles. The number of pyridine rings is 1. The molecule has 0 fully saturated rings. The number of ether oxygens (including phenoxy) is 1. The second kappa shape index (κ2) is 14.6. The van der Waals surface area contributed by atoms with Crippen LogP contribution in [0.3, 0.4) is 0 Å². The predicted octanol–water partition coefficient (Wildman–Crippen LogP) is 10.9. The average molecular weight is 826 g/mol. The molecule has 7 rings (SSSR count). The quantitative estimate of drug-likeness (QED) is 0.129. The van der Waals surface area contributed by atoms with Crippen molar-refractivity contribution < 1.29 is 25.8 Å². The number of benzene rings is 4. The molecule has 250 valence electrons. The summed E-state index contributed by atoms with van der Waals surface area (Å²) in [6, 6.07) is 37.1. The molecule has 0 aliphatic rings. The Morgan fingerprint density at radius 2 is 1.63 bits per heavy atom. The predicted molar refractivity (Wildman–Crippen MR) is 197 cm³/mol. The van der Waals surface area contributed by atoms with Gasteiger partial charge in [-0.05, 0) is 91.9 Å². The first-order valence-electron chi connectivity index (χ1n) is 17.1. The van der Waals surface area contributed by atoms with Gasteiger partial charge in [0, 0.05) is 34.5 Å². The van der Waals surface area contributed by atoms with Gasteiger partial charge in [-0.25, -0.2) is 4.98 Å². The molecule has 0 radical (unpaired) electrons. The molecule has 5 nitrogen and oxygen atoms in total. The molecular weight excluding hydrogens is 784 g/mol. The zero-order chi connectivity index (χ0) is 33.4. The van der Waals surface area contributed by atoms with E-state index in [1.807, 2.05) is 29.1 Å². The average Bonchev–Trinajstić information content (AvgIpc) is 3.55. The van der Waals surface area contributed by atoms with E-state index in [1.165, 1.54) is 29.4 Å². The molecule has 0 unspecified atom stereocenters. The van der Waals surface area contributed by atoms with E-state index in [0.29, 0.717) is 17.4 Å². The third kappa shape index (κ3) is 7.00. The molecule has 7 aromatic rings. The number of hydrogen-bond acceptors (Lipinski definition) is 3. The Labute approximate surface area is 304 Å². The Hall–Kier alpha value is -4.47. The smallest absolute Gasteiger partial charge is 0.509 e. The van der Waals surface area contributed by atoms with Gasteiger partial charge in [0.2, 0.25) is 0 Å². The first-order valence-corrected chi connectivity index (χ1v) is 17.1. The van der Waals surface area contributed by atoms with Crippen molar-refractivity contribution in [1.29, 1.82) is 0 Å². The van der Waals surface area contributed by atoms with Crippen LogP contribution in [0.15, 0.2) is 91.1 Å². The van der Waals surface area contributed by atoms with E-state index >= 15 is 0 Å². The van der Waals surface area contributed by atoms with Crippen molar-refractivity contribution in [2.45, 2.75) is 67.2 Å². The van der Waals surface area contributed by atoms with Gasteiger partial charge in [0.15, 0.2) is 0 Å². The van der Waals surface area contributed by atoms with Crippen LogP contribution < -0.4 is 4.74 Å². The van der Waals surface area contributed by atoms with Gasteiger partial charge in [0.25, 0.3) is 0 Å². The Morgan fingerprint density at radius 1 is 0.816 bits per heavy atom. The molecule has 3 heterocycles. The fraction of sp³-hybridized carbons (Fsp3) is 0.256. The Kier molecular flexibility index (Phi) is 10.2. The second-order valence-electron chi connectivity index (χ2n) is 13.3. The first kappa shape index (κ1) is 34.4. The molecule has 0 atom stereocenters. The van der Waals surface area contributed by atoms with Gasteiger partial charge in [-0.3, -0.25) is 4.68 Å². The van der Waals surface area contributed by atoms with Crippen LogP contribution >= 0.6 is 0 Å². The fourth-order valence-corrected chi connectivity index (χ4v) is 6.81. The number of aryl methyl sites for hydroxylation is 3. The number of hydrogen-bond donors (Lipinski definition) is 0. The van der Waals surface area contributed by atoms with Crippen molar-refractivity contribution in [2.24, 2.45) is 5.92 Å². The fourth-order valence-electron chi connectivity index (χ4n) is 6.81. The summed E-state index contributed by atoms with van der Waals surface area (Å²) in [5.41, 5.74) is 11.0. The van der Waals surface area contributed by atoms with Crippen LogP contribution in [0, 0.1) is 38.8 Å². The molecule has 49 heavy (non-hydrogen) atoms.